The number of para-hydroxylation sites is 1. The molecule has 0 fully saturated rings. The Hall–Kier alpha value is -3.73. The average molecular weight is 415 g/mol. The molecule has 0 bridgehead atoms. The third kappa shape index (κ3) is 4.72. The minimum atomic E-state index is -0.355. The molecule has 0 spiro atoms. The van der Waals surface area contributed by atoms with Gasteiger partial charge in [-0.1, -0.05) is 54.6 Å². The van der Waals surface area contributed by atoms with Crippen LogP contribution in [0.3, 0.4) is 0 Å². The summed E-state index contributed by atoms with van der Waals surface area (Å²) in [4.78, 5) is 12.9. The Morgan fingerprint density at radius 3 is 2.39 bits per heavy atom. The molecule has 5 nitrogen and oxygen atoms in total. The van der Waals surface area contributed by atoms with E-state index in [2.05, 4.69) is 5.32 Å². The lowest BCUT2D eigenvalue weighted by Crippen LogP contribution is -2.29. The highest BCUT2D eigenvalue weighted by atomic mass is 16.5. The summed E-state index contributed by atoms with van der Waals surface area (Å²) in [5.41, 5.74) is 2.78. The zero-order valence-corrected chi connectivity index (χ0v) is 17.6. The lowest BCUT2D eigenvalue weighted by molar-refractivity contribution is -0.121. The van der Waals surface area contributed by atoms with Gasteiger partial charge in [-0.3, -0.25) is 4.79 Å². The normalized spacial score (nSPS) is 11.8. The molecular formula is C26H25NO4. The smallest absolute Gasteiger partial charge is 0.221 e. The van der Waals surface area contributed by atoms with Crippen molar-refractivity contribution in [3.8, 4) is 11.5 Å². The van der Waals surface area contributed by atoms with Crippen LogP contribution in [-0.2, 0) is 11.2 Å². The lowest BCUT2D eigenvalue weighted by atomic mass is 10.0. The number of benzene rings is 3. The summed E-state index contributed by atoms with van der Waals surface area (Å²) in [6.07, 6.45) is 0.937. The van der Waals surface area contributed by atoms with Crippen molar-refractivity contribution in [2.75, 3.05) is 14.2 Å². The molecular weight excluding hydrogens is 390 g/mol. The summed E-state index contributed by atoms with van der Waals surface area (Å²) in [5.74, 6) is 1.99. The minimum Gasteiger partial charge on any atom is -0.493 e. The van der Waals surface area contributed by atoms with Gasteiger partial charge in [-0.05, 0) is 41.8 Å². The number of fused-ring (bicyclic) bond motifs is 1. The third-order valence-electron chi connectivity index (χ3n) is 5.26. The van der Waals surface area contributed by atoms with Crippen LogP contribution < -0.4 is 14.8 Å². The molecule has 158 valence electrons. The Morgan fingerprint density at radius 1 is 0.903 bits per heavy atom. The van der Waals surface area contributed by atoms with Gasteiger partial charge in [0.15, 0.2) is 11.5 Å². The highest BCUT2D eigenvalue weighted by Gasteiger charge is 2.21. The number of amides is 1. The number of carbonyl (C=O) groups is 1. The number of aryl methyl sites for hydroxylation is 1. The van der Waals surface area contributed by atoms with Gasteiger partial charge in [-0.15, -0.1) is 0 Å². The van der Waals surface area contributed by atoms with Crippen LogP contribution in [0.25, 0.3) is 11.0 Å². The van der Waals surface area contributed by atoms with Crippen LogP contribution in [0.5, 0.6) is 11.5 Å². The average Bonchev–Trinajstić information content (AvgIpc) is 3.25. The van der Waals surface area contributed by atoms with Crippen LogP contribution in [0, 0.1) is 0 Å². The van der Waals surface area contributed by atoms with E-state index in [1.165, 1.54) is 0 Å². The Labute approximate surface area is 181 Å². The zero-order chi connectivity index (χ0) is 21.6. The Morgan fingerprint density at radius 2 is 1.65 bits per heavy atom. The number of hydrogen-bond acceptors (Lipinski definition) is 4. The van der Waals surface area contributed by atoms with Crippen molar-refractivity contribution in [1.82, 2.24) is 5.32 Å². The fourth-order valence-electron chi connectivity index (χ4n) is 3.64. The van der Waals surface area contributed by atoms with Crippen LogP contribution >= 0.6 is 0 Å². The zero-order valence-electron chi connectivity index (χ0n) is 17.6. The van der Waals surface area contributed by atoms with Gasteiger partial charge in [-0.25, -0.2) is 0 Å². The van der Waals surface area contributed by atoms with Gasteiger partial charge in [0.1, 0.15) is 17.4 Å². The maximum Gasteiger partial charge on any atom is 0.221 e. The summed E-state index contributed by atoms with van der Waals surface area (Å²) in [7, 11) is 3.21. The minimum absolute atomic E-state index is 0.0518. The molecule has 4 rings (SSSR count). The molecule has 3 aromatic carbocycles. The second-order valence-electron chi connectivity index (χ2n) is 7.29. The van der Waals surface area contributed by atoms with Crippen molar-refractivity contribution in [3.63, 3.8) is 0 Å². The van der Waals surface area contributed by atoms with Crippen LogP contribution in [0.15, 0.2) is 83.3 Å². The van der Waals surface area contributed by atoms with Crippen molar-refractivity contribution in [2.24, 2.45) is 0 Å². The van der Waals surface area contributed by atoms with E-state index < -0.39 is 0 Å². The molecule has 31 heavy (non-hydrogen) atoms. The van der Waals surface area contributed by atoms with Crippen molar-refractivity contribution in [3.05, 3.63) is 95.7 Å². The highest BCUT2D eigenvalue weighted by Crippen LogP contribution is 2.29. The molecule has 4 aromatic rings. The molecule has 1 unspecified atom stereocenters. The molecule has 0 radical (unpaired) electrons. The van der Waals surface area contributed by atoms with Gasteiger partial charge in [-0.2, -0.15) is 0 Å². The van der Waals surface area contributed by atoms with Gasteiger partial charge in [0, 0.05) is 11.8 Å². The van der Waals surface area contributed by atoms with Crippen LogP contribution in [0.2, 0.25) is 0 Å². The molecule has 0 saturated heterocycles. The standard InChI is InChI=1S/C26H25NO4/c1-29-22-14-12-18(16-23(22)30-2)13-15-25(28)27-26(19-8-4-3-5-9-19)24-17-20-10-6-7-11-21(20)31-24/h3-12,14,16-17,26H,13,15H2,1-2H3,(H,27,28). The first kappa shape index (κ1) is 20.5. The molecule has 5 heteroatoms. The number of rotatable bonds is 8. The Balaban J connectivity index is 1.51. The number of nitrogens with one attached hydrogen (secondary N) is 1. The van der Waals surface area contributed by atoms with Crippen molar-refractivity contribution in [1.29, 1.82) is 0 Å². The monoisotopic (exact) mass is 415 g/mol. The van der Waals surface area contributed by atoms with Crippen LogP contribution in [0.1, 0.15) is 29.3 Å². The van der Waals surface area contributed by atoms with E-state index in [-0.39, 0.29) is 11.9 Å². The van der Waals surface area contributed by atoms with Gasteiger partial charge in [0.2, 0.25) is 5.91 Å². The number of methoxy groups -OCH3 is 2. The number of ether oxygens (including phenoxy) is 2. The van der Waals surface area contributed by atoms with E-state index >= 15 is 0 Å². The lowest BCUT2D eigenvalue weighted by Gasteiger charge is -2.17. The van der Waals surface area contributed by atoms with Gasteiger partial charge < -0.3 is 19.2 Å². The molecule has 1 heterocycles. The fourth-order valence-corrected chi connectivity index (χ4v) is 3.64. The molecule has 1 amide bonds. The Bertz CT molecular complexity index is 1130. The van der Waals surface area contributed by atoms with E-state index in [0.29, 0.717) is 30.1 Å². The first-order valence-electron chi connectivity index (χ1n) is 10.2. The van der Waals surface area contributed by atoms with E-state index in [4.69, 9.17) is 13.9 Å². The number of carbonyl (C=O) groups excluding carboxylic acids is 1. The first-order valence-corrected chi connectivity index (χ1v) is 10.2. The molecule has 0 aliphatic carbocycles. The van der Waals surface area contributed by atoms with Crippen molar-refractivity contribution in [2.45, 2.75) is 18.9 Å². The second-order valence-corrected chi connectivity index (χ2v) is 7.29. The van der Waals surface area contributed by atoms with Crippen molar-refractivity contribution < 1.29 is 18.7 Å². The maximum absolute atomic E-state index is 12.9. The largest absolute Gasteiger partial charge is 0.493 e. The topological polar surface area (TPSA) is 60.7 Å². The summed E-state index contributed by atoms with van der Waals surface area (Å²) < 4.78 is 16.7. The maximum atomic E-state index is 12.9. The molecule has 1 N–H and O–H groups in total. The summed E-state index contributed by atoms with van der Waals surface area (Å²) in [5, 5.41) is 4.16. The van der Waals surface area contributed by atoms with E-state index in [1.807, 2.05) is 78.9 Å². The predicted octanol–water partition coefficient (Wildman–Crippen LogP) is 5.29. The summed E-state index contributed by atoms with van der Waals surface area (Å²) in [6.45, 7) is 0. The van der Waals surface area contributed by atoms with E-state index in [9.17, 15) is 4.79 Å². The first-order chi connectivity index (χ1) is 15.2. The molecule has 1 atom stereocenters. The molecule has 0 aliphatic rings. The van der Waals surface area contributed by atoms with Crippen LogP contribution in [-0.4, -0.2) is 20.1 Å². The highest BCUT2D eigenvalue weighted by molar-refractivity contribution is 5.80. The van der Waals surface area contributed by atoms with Gasteiger partial charge >= 0.3 is 0 Å². The molecule has 1 aromatic heterocycles. The molecule has 0 aliphatic heterocycles. The van der Waals surface area contributed by atoms with Crippen molar-refractivity contribution >= 4 is 16.9 Å². The fraction of sp³-hybridized carbons (Fsp3) is 0.192. The van der Waals surface area contributed by atoms with Gasteiger partial charge in [0.05, 0.1) is 14.2 Å². The van der Waals surface area contributed by atoms with E-state index in [0.717, 1.165) is 22.1 Å². The summed E-state index contributed by atoms with van der Waals surface area (Å²) in [6, 6.07) is 25.0. The molecule has 0 saturated carbocycles. The van der Waals surface area contributed by atoms with Gasteiger partial charge in [0.25, 0.3) is 0 Å². The predicted molar refractivity (Wildman–Crippen MR) is 121 cm³/mol. The summed E-state index contributed by atoms with van der Waals surface area (Å²) >= 11 is 0. The number of hydrogen-bond donors (Lipinski definition) is 1. The SMILES string of the molecule is COc1ccc(CCC(=O)NC(c2ccccc2)c2cc3ccccc3o2)cc1OC. The second kappa shape index (κ2) is 9.39. The number of furan rings is 1. The van der Waals surface area contributed by atoms with Crippen LogP contribution in [0.4, 0.5) is 0 Å². The Kier molecular flexibility index (Phi) is 6.22. The third-order valence-corrected chi connectivity index (χ3v) is 5.26. The quantitative estimate of drug-likeness (QED) is 0.425. The van der Waals surface area contributed by atoms with E-state index in [1.54, 1.807) is 14.2 Å².